The summed E-state index contributed by atoms with van der Waals surface area (Å²) in [5.74, 6) is -2.19. The summed E-state index contributed by atoms with van der Waals surface area (Å²) in [6, 6.07) is 6.09. The molecule has 0 saturated heterocycles. The van der Waals surface area contributed by atoms with Gasteiger partial charge in [-0.3, -0.25) is 19.7 Å². The normalized spacial score (nSPS) is 11.5. The number of carboxylic acid groups (broad SMARTS) is 1. The summed E-state index contributed by atoms with van der Waals surface area (Å²) >= 11 is 0. The highest BCUT2D eigenvalue weighted by atomic mass is 16.6. The molecular weight excluding hydrogens is 370 g/mol. The fourth-order valence-electron chi connectivity index (χ4n) is 2.49. The molecule has 11 nitrogen and oxygen atoms in total. The fraction of sp³-hybridized carbons (Fsp3) is 0.294. The second kappa shape index (κ2) is 8.75. The maximum Gasteiger partial charge on any atom is 0.326 e. The molecule has 0 saturated carbocycles. The Bertz CT molecular complexity index is 909. The summed E-state index contributed by atoms with van der Waals surface area (Å²) in [5, 5.41) is 27.0. The Morgan fingerprint density at radius 1 is 1.32 bits per heavy atom. The average molecular weight is 389 g/mol. The maximum atomic E-state index is 12.8. The number of hydrogen-bond donors (Lipinski definition) is 2. The van der Waals surface area contributed by atoms with E-state index in [1.54, 1.807) is 6.07 Å². The highest BCUT2D eigenvalue weighted by Gasteiger charge is 2.28. The van der Waals surface area contributed by atoms with Gasteiger partial charge in [0.25, 0.3) is 11.6 Å². The van der Waals surface area contributed by atoms with Gasteiger partial charge < -0.3 is 15.3 Å². The molecule has 0 spiro atoms. The number of hydrogen-bond acceptors (Lipinski definition) is 6. The third-order valence-electron chi connectivity index (χ3n) is 3.95. The Hall–Kier alpha value is -3.76. The molecule has 28 heavy (non-hydrogen) atoms. The Morgan fingerprint density at radius 3 is 2.61 bits per heavy atom. The summed E-state index contributed by atoms with van der Waals surface area (Å²) in [5.41, 5.74) is -0.0947. The molecule has 2 N–H and O–H groups in total. The van der Waals surface area contributed by atoms with Crippen molar-refractivity contribution in [3.8, 4) is 5.69 Å². The second-order valence-electron chi connectivity index (χ2n) is 5.89. The molecule has 2 rings (SSSR count). The molecule has 1 aromatic carbocycles. The quantitative estimate of drug-likeness (QED) is 0.502. The molecule has 2 aromatic rings. The van der Waals surface area contributed by atoms with Gasteiger partial charge in [-0.1, -0.05) is 12.1 Å². The van der Waals surface area contributed by atoms with Crippen LogP contribution in [0.15, 0.2) is 36.5 Å². The van der Waals surface area contributed by atoms with Crippen LogP contribution in [0.5, 0.6) is 0 Å². The largest absolute Gasteiger partial charge is 0.480 e. The molecule has 148 valence electrons. The first-order valence-corrected chi connectivity index (χ1v) is 8.30. The smallest absolute Gasteiger partial charge is 0.326 e. The standard InChI is InChI=1S/C17H19N5O6/c1-11(17(25)26)20(10-8-18-12(2)23)16(24)13-7-9-21(19-13)14-5-3-4-6-15(14)22(27)28/h3-7,9,11H,8,10H2,1-2H3,(H,18,23)(H,25,26). The lowest BCUT2D eigenvalue weighted by atomic mass is 10.2. The highest BCUT2D eigenvalue weighted by molar-refractivity contribution is 5.95. The SMILES string of the molecule is CC(=O)NCCN(C(=O)c1ccn(-c2ccccc2[N+](=O)[O-])n1)C(C)C(=O)O. The van der Waals surface area contributed by atoms with E-state index in [4.69, 9.17) is 0 Å². The van der Waals surface area contributed by atoms with Gasteiger partial charge >= 0.3 is 5.97 Å². The van der Waals surface area contributed by atoms with Crippen molar-refractivity contribution in [2.24, 2.45) is 0 Å². The number of amides is 2. The molecule has 1 unspecified atom stereocenters. The Balaban J connectivity index is 2.30. The lowest BCUT2D eigenvalue weighted by molar-refractivity contribution is -0.384. The Kier molecular flexibility index (Phi) is 6.42. The van der Waals surface area contributed by atoms with Gasteiger partial charge in [0.1, 0.15) is 11.7 Å². The first-order chi connectivity index (χ1) is 13.2. The van der Waals surface area contributed by atoms with Gasteiger partial charge in [-0.05, 0) is 19.1 Å². The minimum atomic E-state index is -1.21. The number of carbonyl (C=O) groups is 3. The third-order valence-corrected chi connectivity index (χ3v) is 3.95. The molecule has 0 bridgehead atoms. The number of nitrogens with one attached hydrogen (secondary N) is 1. The van der Waals surface area contributed by atoms with Crippen molar-refractivity contribution < 1.29 is 24.4 Å². The second-order valence-corrected chi connectivity index (χ2v) is 5.89. The van der Waals surface area contributed by atoms with Crippen LogP contribution in [0.3, 0.4) is 0 Å². The van der Waals surface area contributed by atoms with Gasteiger partial charge in [-0.25, -0.2) is 9.48 Å². The van der Waals surface area contributed by atoms with E-state index < -0.39 is 22.8 Å². The van der Waals surface area contributed by atoms with Crippen LogP contribution < -0.4 is 5.32 Å². The molecule has 0 fully saturated rings. The van der Waals surface area contributed by atoms with Gasteiger partial charge in [0.2, 0.25) is 5.91 Å². The van der Waals surface area contributed by atoms with Gasteiger partial charge in [0.05, 0.1) is 4.92 Å². The Morgan fingerprint density at radius 2 is 2.00 bits per heavy atom. The van der Waals surface area contributed by atoms with Crippen LogP contribution in [0.25, 0.3) is 5.69 Å². The number of para-hydroxylation sites is 2. The van der Waals surface area contributed by atoms with Crippen molar-refractivity contribution >= 4 is 23.5 Å². The zero-order valence-electron chi connectivity index (χ0n) is 15.2. The van der Waals surface area contributed by atoms with E-state index in [1.165, 1.54) is 49.0 Å². The van der Waals surface area contributed by atoms with Gasteiger partial charge in [0, 0.05) is 32.3 Å². The predicted molar refractivity (Wildman–Crippen MR) is 97.0 cm³/mol. The summed E-state index contributed by atoms with van der Waals surface area (Å²) in [6.45, 7) is 2.68. The van der Waals surface area contributed by atoms with Crippen LogP contribution in [0.4, 0.5) is 5.69 Å². The first kappa shape index (κ1) is 20.6. The van der Waals surface area contributed by atoms with Crippen LogP contribution in [-0.2, 0) is 9.59 Å². The topological polar surface area (TPSA) is 148 Å². The van der Waals surface area contributed by atoms with Crippen LogP contribution in [0.1, 0.15) is 24.3 Å². The monoisotopic (exact) mass is 389 g/mol. The summed E-state index contributed by atoms with van der Waals surface area (Å²) in [7, 11) is 0. The number of rotatable bonds is 8. The lowest BCUT2D eigenvalue weighted by Gasteiger charge is -2.25. The molecule has 1 atom stereocenters. The molecule has 1 aromatic heterocycles. The zero-order valence-corrected chi connectivity index (χ0v) is 15.2. The number of benzene rings is 1. The van der Waals surface area contributed by atoms with Crippen molar-refractivity contribution in [2.75, 3.05) is 13.1 Å². The van der Waals surface area contributed by atoms with Crippen LogP contribution in [-0.4, -0.2) is 61.6 Å². The van der Waals surface area contributed by atoms with Crippen LogP contribution in [0.2, 0.25) is 0 Å². The molecule has 0 aliphatic heterocycles. The van der Waals surface area contributed by atoms with E-state index in [-0.39, 0.29) is 36.1 Å². The van der Waals surface area contributed by atoms with E-state index >= 15 is 0 Å². The van der Waals surface area contributed by atoms with Crippen molar-refractivity contribution in [1.29, 1.82) is 0 Å². The minimum absolute atomic E-state index is 0.0375. The van der Waals surface area contributed by atoms with Crippen molar-refractivity contribution in [3.63, 3.8) is 0 Å². The predicted octanol–water partition coefficient (Wildman–Crippen LogP) is 0.832. The molecule has 0 radical (unpaired) electrons. The molecule has 1 heterocycles. The minimum Gasteiger partial charge on any atom is -0.480 e. The summed E-state index contributed by atoms with van der Waals surface area (Å²) in [6.07, 6.45) is 1.38. The molecule has 0 aliphatic rings. The molecule has 11 heteroatoms. The van der Waals surface area contributed by atoms with Crippen molar-refractivity contribution in [3.05, 3.63) is 52.3 Å². The maximum absolute atomic E-state index is 12.8. The number of nitro benzene ring substituents is 1. The van der Waals surface area contributed by atoms with E-state index in [0.29, 0.717) is 0 Å². The van der Waals surface area contributed by atoms with Crippen molar-refractivity contribution in [1.82, 2.24) is 20.0 Å². The molecule has 2 amide bonds. The first-order valence-electron chi connectivity index (χ1n) is 8.30. The molecular formula is C17H19N5O6. The Labute approximate surface area is 159 Å². The number of carbonyl (C=O) groups excluding carboxylic acids is 2. The van der Waals surface area contributed by atoms with Crippen LogP contribution >= 0.6 is 0 Å². The number of carboxylic acids is 1. The lowest BCUT2D eigenvalue weighted by Crippen LogP contribution is -2.46. The number of nitrogens with zero attached hydrogens (tertiary/aromatic N) is 4. The third kappa shape index (κ3) is 4.69. The average Bonchev–Trinajstić information content (AvgIpc) is 3.14. The van der Waals surface area contributed by atoms with E-state index in [9.17, 15) is 29.6 Å². The fourth-order valence-corrected chi connectivity index (χ4v) is 2.49. The van der Waals surface area contributed by atoms with E-state index in [0.717, 1.165) is 4.90 Å². The van der Waals surface area contributed by atoms with Gasteiger partial charge in [-0.15, -0.1) is 0 Å². The van der Waals surface area contributed by atoms with Crippen molar-refractivity contribution in [2.45, 2.75) is 19.9 Å². The number of aliphatic carboxylic acids is 1. The zero-order chi connectivity index (χ0) is 20.8. The highest BCUT2D eigenvalue weighted by Crippen LogP contribution is 2.22. The van der Waals surface area contributed by atoms with E-state index in [2.05, 4.69) is 10.4 Å². The van der Waals surface area contributed by atoms with Crippen LogP contribution in [0, 0.1) is 10.1 Å². The molecule has 0 aliphatic carbocycles. The number of nitro groups is 1. The summed E-state index contributed by atoms with van der Waals surface area (Å²) in [4.78, 5) is 46.8. The van der Waals surface area contributed by atoms with Gasteiger partial charge in [-0.2, -0.15) is 5.10 Å². The number of aromatic nitrogens is 2. The van der Waals surface area contributed by atoms with Gasteiger partial charge in [0.15, 0.2) is 5.69 Å². The summed E-state index contributed by atoms with van der Waals surface area (Å²) < 4.78 is 1.18. The van der Waals surface area contributed by atoms with E-state index in [1.807, 2.05) is 0 Å².